The van der Waals surface area contributed by atoms with E-state index < -0.39 is 5.97 Å². The molecule has 0 bridgehead atoms. The Morgan fingerprint density at radius 3 is 2.20 bits per heavy atom. The number of hydrogen-bond acceptors (Lipinski definition) is 5. The summed E-state index contributed by atoms with van der Waals surface area (Å²) >= 11 is 1.11. The van der Waals surface area contributed by atoms with Gasteiger partial charge in [-0.3, -0.25) is 4.79 Å². The molecule has 1 aromatic heterocycles. The summed E-state index contributed by atoms with van der Waals surface area (Å²) in [7, 11) is 0. The van der Waals surface area contributed by atoms with Gasteiger partial charge in [-0.05, 0) is 16.7 Å². The first kappa shape index (κ1) is 15.0. The Morgan fingerprint density at radius 1 is 1.30 bits per heavy atom. The molecule has 0 saturated heterocycles. The fourth-order valence-electron chi connectivity index (χ4n) is 2.81. The summed E-state index contributed by atoms with van der Waals surface area (Å²) in [5.74, 6) is -0.917. The normalized spacial score (nSPS) is 19.6. The Balaban J connectivity index is 2.11. The molecule has 20 heavy (non-hydrogen) atoms. The van der Waals surface area contributed by atoms with Crippen LogP contribution >= 0.6 is 11.3 Å². The first-order valence-corrected chi connectivity index (χ1v) is 7.39. The number of nitrogens with one attached hydrogen (secondary N) is 1. The molecule has 1 heterocycles. The van der Waals surface area contributed by atoms with Gasteiger partial charge in [0.15, 0.2) is 16.6 Å². The number of aromatic nitrogens is 1. The van der Waals surface area contributed by atoms with Gasteiger partial charge in [-0.25, -0.2) is 9.78 Å². The molecule has 0 atom stereocenters. The Hall–Kier alpha value is -1.43. The number of rotatable bonds is 5. The van der Waals surface area contributed by atoms with Crippen LogP contribution in [0, 0.1) is 16.7 Å². The lowest BCUT2D eigenvalue weighted by molar-refractivity contribution is 0.0687. The maximum absolute atomic E-state index is 11.4. The maximum atomic E-state index is 11.4. The van der Waals surface area contributed by atoms with Crippen molar-refractivity contribution in [2.75, 3.05) is 11.9 Å². The first-order valence-electron chi connectivity index (χ1n) is 6.58. The fraction of sp³-hybridized carbons (Fsp3) is 0.643. The Morgan fingerprint density at radius 2 is 1.85 bits per heavy atom. The minimum Gasteiger partial charge on any atom is -0.476 e. The van der Waals surface area contributed by atoms with Gasteiger partial charge in [0.05, 0.1) is 0 Å². The Bertz CT molecular complexity index is 529. The number of carboxylic acids is 1. The van der Waals surface area contributed by atoms with Crippen molar-refractivity contribution in [1.82, 2.24) is 4.98 Å². The highest BCUT2D eigenvalue weighted by Gasteiger charge is 2.64. The molecule has 1 aliphatic rings. The number of ketones is 1. The summed E-state index contributed by atoms with van der Waals surface area (Å²) in [4.78, 5) is 26.7. The van der Waals surface area contributed by atoms with Crippen molar-refractivity contribution >= 4 is 28.2 Å². The molecule has 2 N–H and O–H groups in total. The number of nitrogens with zero attached hydrogens (tertiary/aromatic N) is 1. The van der Waals surface area contributed by atoms with Crippen molar-refractivity contribution in [3.8, 4) is 0 Å². The molecule has 0 unspecified atom stereocenters. The number of hydrogen-bond donors (Lipinski definition) is 2. The fourth-order valence-corrected chi connectivity index (χ4v) is 3.67. The van der Waals surface area contributed by atoms with Crippen LogP contribution in [0.25, 0.3) is 0 Å². The highest BCUT2D eigenvalue weighted by Crippen LogP contribution is 2.68. The van der Waals surface area contributed by atoms with Crippen LogP contribution in [0.2, 0.25) is 0 Å². The number of anilines is 1. The zero-order valence-electron chi connectivity index (χ0n) is 12.4. The van der Waals surface area contributed by atoms with Crippen molar-refractivity contribution < 1.29 is 14.7 Å². The molecule has 1 fully saturated rings. The number of carbonyl (C=O) groups excluding carboxylic acids is 1. The SMILES string of the molecule is CC(=O)c1sc(NCC2C(C)(C)C2(C)C)nc1C(=O)O. The molecule has 110 valence electrons. The number of carboxylic acid groups (broad SMARTS) is 1. The quantitative estimate of drug-likeness (QED) is 0.816. The smallest absolute Gasteiger partial charge is 0.356 e. The van der Waals surface area contributed by atoms with E-state index in [0.29, 0.717) is 11.0 Å². The average Bonchev–Trinajstić information content (AvgIpc) is 2.68. The van der Waals surface area contributed by atoms with Gasteiger partial charge in [0.25, 0.3) is 0 Å². The van der Waals surface area contributed by atoms with Crippen LogP contribution in [-0.2, 0) is 0 Å². The molecule has 0 spiro atoms. The molecular formula is C14H20N2O3S. The van der Waals surface area contributed by atoms with E-state index in [9.17, 15) is 9.59 Å². The number of Topliss-reactive ketones (excluding diaryl/α,β-unsaturated/α-hetero) is 1. The topological polar surface area (TPSA) is 79.3 Å². The van der Waals surface area contributed by atoms with Crippen molar-refractivity contribution in [3.63, 3.8) is 0 Å². The van der Waals surface area contributed by atoms with Crippen LogP contribution in [0.4, 0.5) is 5.13 Å². The lowest BCUT2D eigenvalue weighted by Crippen LogP contribution is -2.08. The van der Waals surface area contributed by atoms with Crippen molar-refractivity contribution in [3.05, 3.63) is 10.6 Å². The van der Waals surface area contributed by atoms with E-state index in [2.05, 4.69) is 38.0 Å². The van der Waals surface area contributed by atoms with Crippen LogP contribution < -0.4 is 5.32 Å². The standard InChI is InChI=1S/C14H20N2O3S/c1-7(17)10-9(11(18)19)16-12(20-10)15-6-8-13(2,3)14(8,4)5/h8H,6H2,1-5H3,(H,15,16)(H,18,19). The van der Waals surface area contributed by atoms with Gasteiger partial charge in [-0.15, -0.1) is 0 Å². The van der Waals surface area contributed by atoms with E-state index in [4.69, 9.17) is 5.11 Å². The first-order chi connectivity index (χ1) is 9.09. The second-order valence-corrected chi connectivity index (χ2v) is 7.43. The van der Waals surface area contributed by atoms with Gasteiger partial charge in [-0.1, -0.05) is 39.0 Å². The van der Waals surface area contributed by atoms with Crippen LogP contribution in [0.5, 0.6) is 0 Å². The van der Waals surface area contributed by atoms with Gasteiger partial charge in [-0.2, -0.15) is 0 Å². The minimum atomic E-state index is -1.16. The molecule has 0 amide bonds. The lowest BCUT2D eigenvalue weighted by Gasteiger charge is -2.04. The van der Waals surface area contributed by atoms with Gasteiger partial charge in [0.2, 0.25) is 0 Å². The van der Waals surface area contributed by atoms with E-state index in [0.717, 1.165) is 17.9 Å². The summed E-state index contributed by atoms with van der Waals surface area (Å²) in [6.07, 6.45) is 0. The Labute approximate surface area is 122 Å². The summed E-state index contributed by atoms with van der Waals surface area (Å²) in [6, 6.07) is 0. The van der Waals surface area contributed by atoms with Crippen LogP contribution in [-0.4, -0.2) is 28.4 Å². The summed E-state index contributed by atoms with van der Waals surface area (Å²) in [5.41, 5.74) is 0.367. The van der Waals surface area contributed by atoms with Crippen molar-refractivity contribution in [2.24, 2.45) is 16.7 Å². The molecule has 5 nitrogen and oxygen atoms in total. The second kappa shape index (κ2) is 4.55. The van der Waals surface area contributed by atoms with E-state index in [1.165, 1.54) is 6.92 Å². The molecule has 2 rings (SSSR count). The molecular weight excluding hydrogens is 276 g/mol. The predicted octanol–water partition coefficient (Wildman–Crippen LogP) is 3.14. The highest BCUT2D eigenvalue weighted by molar-refractivity contribution is 7.17. The average molecular weight is 296 g/mol. The number of aromatic carboxylic acids is 1. The zero-order chi connectivity index (χ0) is 15.3. The molecule has 6 heteroatoms. The molecule has 0 aliphatic heterocycles. The van der Waals surface area contributed by atoms with Crippen molar-refractivity contribution in [1.29, 1.82) is 0 Å². The van der Waals surface area contributed by atoms with E-state index >= 15 is 0 Å². The van der Waals surface area contributed by atoms with Gasteiger partial charge < -0.3 is 10.4 Å². The summed E-state index contributed by atoms with van der Waals surface area (Å²) in [6.45, 7) is 11.0. The third-order valence-corrected chi connectivity index (χ3v) is 6.04. The van der Waals surface area contributed by atoms with E-state index in [1.54, 1.807) is 0 Å². The molecule has 0 radical (unpaired) electrons. The van der Waals surface area contributed by atoms with Crippen molar-refractivity contribution in [2.45, 2.75) is 34.6 Å². The maximum Gasteiger partial charge on any atom is 0.356 e. The van der Waals surface area contributed by atoms with Crippen LogP contribution in [0.3, 0.4) is 0 Å². The van der Waals surface area contributed by atoms with Crippen LogP contribution in [0.1, 0.15) is 54.8 Å². The van der Waals surface area contributed by atoms with Gasteiger partial charge >= 0.3 is 5.97 Å². The van der Waals surface area contributed by atoms with Gasteiger partial charge in [0, 0.05) is 13.5 Å². The molecule has 1 saturated carbocycles. The monoisotopic (exact) mass is 296 g/mol. The third kappa shape index (κ3) is 2.22. The minimum absolute atomic E-state index is 0.153. The highest BCUT2D eigenvalue weighted by atomic mass is 32.1. The lowest BCUT2D eigenvalue weighted by atomic mass is 10.0. The third-order valence-electron chi connectivity index (χ3n) is 4.93. The van der Waals surface area contributed by atoms with E-state index in [-0.39, 0.29) is 27.2 Å². The van der Waals surface area contributed by atoms with E-state index in [1.807, 2.05) is 0 Å². The molecule has 1 aliphatic carbocycles. The zero-order valence-corrected chi connectivity index (χ0v) is 13.2. The van der Waals surface area contributed by atoms with Crippen LogP contribution in [0.15, 0.2) is 0 Å². The number of thiazole rings is 1. The second-order valence-electron chi connectivity index (χ2n) is 6.43. The largest absolute Gasteiger partial charge is 0.476 e. The Kier molecular flexibility index (Phi) is 3.40. The summed E-state index contributed by atoms with van der Waals surface area (Å²) in [5, 5.41) is 12.7. The predicted molar refractivity (Wildman–Crippen MR) is 78.6 cm³/mol. The molecule has 1 aromatic rings. The van der Waals surface area contributed by atoms with Gasteiger partial charge in [0.1, 0.15) is 4.88 Å². The molecule has 0 aromatic carbocycles. The summed E-state index contributed by atoms with van der Waals surface area (Å²) < 4.78 is 0. The number of carbonyl (C=O) groups is 2.